The van der Waals surface area contributed by atoms with Crippen molar-refractivity contribution in [2.24, 2.45) is 0 Å². The zero-order valence-electron chi connectivity index (χ0n) is 10.3. The molecule has 0 aromatic heterocycles. The first-order chi connectivity index (χ1) is 8.74. The normalized spacial score (nSPS) is 18.8. The number of rotatable bonds is 4. The van der Waals surface area contributed by atoms with Crippen LogP contribution in [0.3, 0.4) is 0 Å². The summed E-state index contributed by atoms with van der Waals surface area (Å²) in [5.74, 6) is 0.287. The van der Waals surface area contributed by atoms with Crippen molar-refractivity contribution >= 4 is 15.9 Å². The molecular formula is C13H19BrN2O2. The number of halogens is 1. The standard InChI is InChI=1S/C13H19BrN2O2/c14-11-3-1-2-10(13(11)18)12(4-9-17)16-7-5-15-6-8-16/h1-3,12,15,17-18H,4-9H2/t12-/m1/s1. The van der Waals surface area contributed by atoms with E-state index in [0.717, 1.165) is 31.7 Å². The largest absolute Gasteiger partial charge is 0.506 e. The molecule has 1 atom stereocenters. The van der Waals surface area contributed by atoms with Gasteiger partial charge in [0.05, 0.1) is 4.47 Å². The van der Waals surface area contributed by atoms with E-state index < -0.39 is 0 Å². The van der Waals surface area contributed by atoms with E-state index in [2.05, 4.69) is 26.1 Å². The smallest absolute Gasteiger partial charge is 0.134 e. The fraction of sp³-hybridized carbons (Fsp3) is 0.538. The zero-order valence-corrected chi connectivity index (χ0v) is 11.9. The van der Waals surface area contributed by atoms with Crippen molar-refractivity contribution in [2.45, 2.75) is 12.5 Å². The van der Waals surface area contributed by atoms with Crippen LogP contribution in [-0.2, 0) is 0 Å². The van der Waals surface area contributed by atoms with Gasteiger partial charge in [0.15, 0.2) is 0 Å². The maximum atomic E-state index is 10.2. The number of aliphatic hydroxyl groups excluding tert-OH is 1. The third-order valence-corrected chi connectivity index (χ3v) is 4.01. The van der Waals surface area contributed by atoms with Crippen LogP contribution in [0.15, 0.2) is 22.7 Å². The molecule has 1 aromatic rings. The van der Waals surface area contributed by atoms with Crippen LogP contribution in [-0.4, -0.2) is 47.9 Å². The lowest BCUT2D eigenvalue weighted by Gasteiger charge is -2.35. The van der Waals surface area contributed by atoms with E-state index >= 15 is 0 Å². The molecular weight excluding hydrogens is 296 g/mol. The van der Waals surface area contributed by atoms with Crippen LogP contribution in [0, 0.1) is 0 Å². The average molecular weight is 315 g/mol. The second-order valence-electron chi connectivity index (χ2n) is 4.49. The van der Waals surface area contributed by atoms with E-state index in [1.54, 1.807) is 0 Å². The number of phenolic OH excluding ortho intramolecular Hbond substituents is 1. The number of aromatic hydroxyl groups is 1. The molecule has 1 saturated heterocycles. The lowest BCUT2D eigenvalue weighted by Crippen LogP contribution is -2.45. The van der Waals surface area contributed by atoms with Crippen LogP contribution >= 0.6 is 15.9 Å². The quantitative estimate of drug-likeness (QED) is 0.788. The van der Waals surface area contributed by atoms with Crippen LogP contribution in [0.2, 0.25) is 0 Å². The lowest BCUT2D eigenvalue weighted by molar-refractivity contribution is 0.139. The van der Waals surface area contributed by atoms with Gasteiger partial charge >= 0.3 is 0 Å². The number of nitrogens with zero attached hydrogens (tertiary/aromatic N) is 1. The van der Waals surface area contributed by atoms with Crippen LogP contribution in [0.1, 0.15) is 18.0 Å². The minimum absolute atomic E-state index is 0.0783. The number of nitrogens with one attached hydrogen (secondary N) is 1. The second kappa shape index (κ2) is 6.52. The summed E-state index contributed by atoms with van der Waals surface area (Å²) in [5, 5.41) is 22.7. The minimum Gasteiger partial charge on any atom is -0.506 e. The molecule has 0 radical (unpaired) electrons. The zero-order chi connectivity index (χ0) is 13.0. The Hall–Kier alpha value is -0.620. The van der Waals surface area contributed by atoms with E-state index in [1.807, 2.05) is 18.2 Å². The lowest BCUT2D eigenvalue weighted by atomic mass is 10.0. The third kappa shape index (κ3) is 3.03. The van der Waals surface area contributed by atoms with Crippen molar-refractivity contribution < 1.29 is 10.2 Å². The van der Waals surface area contributed by atoms with Gasteiger partial charge in [-0.25, -0.2) is 0 Å². The molecule has 3 N–H and O–H groups in total. The second-order valence-corrected chi connectivity index (χ2v) is 5.35. The van der Waals surface area contributed by atoms with E-state index in [9.17, 15) is 10.2 Å². The molecule has 1 aliphatic heterocycles. The molecule has 1 heterocycles. The third-order valence-electron chi connectivity index (χ3n) is 3.37. The van der Waals surface area contributed by atoms with E-state index in [1.165, 1.54) is 0 Å². The van der Waals surface area contributed by atoms with Crippen molar-refractivity contribution in [3.05, 3.63) is 28.2 Å². The van der Waals surface area contributed by atoms with Gasteiger partial charge in [-0.1, -0.05) is 12.1 Å². The fourth-order valence-corrected chi connectivity index (χ4v) is 2.83. The Labute approximate surface area is 116 Å². The first-order valence-corrected chi connectivity index (χ1v) is 7.06. The number of aliphatic hydroxyl groups is 1. The Morgan fingerprint density at radius 3 is 2.72 bits per heavy atom. The molecule has 5 heteroatoms. The SMILES string of the molecule is OCC[C@H](c1cccc(Br)c1O)N1CCNCC1. The molecule has 2 rings (SSSR count). The highest BCUT2D eigenvalue weighted by Crippen LogP contribution is 2.36. The highest BCUT2D eigenvalue weighted by Gasteiger charge is 2.24. The first kappa shape index (κ1) is 13.8. The fourth-order valence-electron chi connectivity index (χ4n) is 2.45. The maximum Gasteiger partial charge on any atom is 0.134 e. The van der Waals surface area contributed by atoms with Crippen molar-refractivity contribution in [3.63, 3.8) is 0 Å². The summed E-state index contributed by atoms with van der Waals surface area (Å²) in [5.41, 5.74) is 0.889. The molecule has 1 aliphatic rings. The number of piperazine rings is 1. The predicted octanol–water partition coefficient (Wildman–Crippen LogP) is 1.48. The van der Waals surface area contributed by atoms with E-state index in [0.29, 0.717) is 10.9 Å². The minimum atomic E-state index is 0.0783. The molecule has 0 unspecified atom stereocenters. The molecule has 0 bridgehead atoms. The van der Waals surface area contributed by atoms with Gasteiger partial charge in [-0.2, -0.15) is 0 Å². The van der Waals surface area contributed by atoms with Gasteiger partial charge in [0.1, 0.15) is 5.75 Å². The number of hydrogen-bond donors (Lipinski definition) is 3. The topological polar surface area (TPSA) is 55.7 Å². The van der Waals surface area contributed by atoms with Gasteiger partial charge in [-0.05, 0) is 28.4 Å². The van der Waals surface area contributed by atoms with Gasteiger partial charge in [-0.15, -0.1) is 0 Å². The first-order valence-electron chi connectivity index (χ1n) is 6.27. The van der Waals surface area contributed by atoms with E-state index in [4.69, 9.17) is 0 Å². The van der Waals surface area contributed by atoms with Gasteiger partial charge in [0, 0.05) is 44.4 Å². The van der Waals surface area contributed by atoms with Crippen molar-refractivity contribution in [1.29, 1.82) is 0 Å². The summed E-state index contributed by atoms with van der Waals surface area (Å²) in [6, 6.07) is 5.76. The van der Waals surface area contributed by atoms with Gasteiger partial charge in [0.2, 0.25) is 0 Å². The summed E-state index contributed by atoms with van der Waals surface area (Å²) >= 11 is 3.35. The number of para-hydroxylation sites is 1. The Kier molecular flexibility index (Phi) is 5.00. The highest BCUT2D eigenvalue weighted by molar-refractivity contribution is 9.10. The van der Waals surface area contributed by atoms with Crippen LogP contribution in [0.5, 0.6) is 5.75 Å². The molecule has 0 aliphatic carbocycles. The summed E-state index contributed by atoms with van der Waals surface area (Å²) in [6.45, 7) is 3.92. The number of benzene rings is 1. The van der Waals surface area contributed by atoms with Crippen LogP contribution < -0.4 is 5.32 Å². The molecule has 0 saturated carbocycles. The predicted molar refractivity (Wildman–Crippen MR) is 74.7 cm³/mol. The van der Waals surface area contributed by atoms with Gasteiger partial charge < -0.3 is 15.5 Å². The van der Waals surface area contributed by atoms with Crippen LogP contribution in [0.4, 0.5) is 0 Å². The van der Waals surface area contributed by atoms with Crippen molar-refractivity contribution in [3.8, 4) is 5.75 Å². The Bertz CT molecular complexity index is 395. The van der Waals surface area contributed by atoms with Gasteiger partial charge in [0.25, 0.3) is 0 Å². The summed E-state index contributed by atoms with van der Waals surface area (Å²) in [4.78, 5) is 2.31. The Morgan fingerprint density at radius 2 is 2.06 bits per heavy atom. The highest BCUT2D eigenvalue weighted by atomic mass is 79.9. The monoisotopic (exact) mass is 314 g/mol. The summed E-state index contributed by atoms with van der Waals surface area (Å²) < 4.78 is 0.707. The van der Waals surface area contributed by atoms with E-state index in [-0.39, 0.29) is 18.4 Å². The molecule has 18 heavy (non-hydrogen) atoms. The van der Waals surface area contributed by atoms with Crippen molar-refractivity contribution in [1.82, 2.24) is 10.2 Å². The molecule has 1 aromatic carbocycles. The van der Waals surface area contributed by atoms with Crippen molar-refractivity contribution in [2.75, 3.05) is 32.8 Å². The molecule has 4 nitrogen and oxygen atoms in total. The summed E-state index contributed by atoms with van der Waals surface area (Å²) in [6.07, 6.45) is 0.643. The number of hydrogen-bond acceptors (Lipinski definition) is 4. The maximum absolute atomic E-state index is 10.2. The van der Waals surface area contributed by atoms with Crippen LogP contribution in [0.25, 0.3) is 0 Å². The molecule has 100 valence electrons. The van der Waals surface area contributed by atoms with Gasteiger partial charge in [-0.3, -0.25) is 4.90 Å². The molecule has 0 amide bonds. The summed E-state index contributed by atoms with van der Waals surface area (Å²) in [7, 11) is 0. The Morgan fingerprint density at radius 1 is 1.33 bits per heavy atom. The molecule has 1 fully saturated rings. The number of phenols is 1. The Balaban J connectivity index is 2.25. The molecule has 0 spiro atoms. The average Bonchev–Trinajstić information content (AvgIpc) is 2.41.